The third-order valence-electron chi connectivity index (χ3n) is 3.15. The molecule has 0 saturated heterocycles. The van der Waals surface area contributed by atoms with E-state index in [0.29, 0.717) is 5.69 Å². The molecule has 1 aromatic carbocycles. The minimum atomic E-state index is -0.578. The van der Waals surface area contributed by atoms with E-state index in [1.807, 2.05) is 51.1 Å². The molecule has 118 valence electrons. The van der Waals surface area contributed by atoms with Crippen molar-refractivity contribution in [1.29, 1.82) is 0 Å². The molecule has 0 atom stereocenters. The van der Waals surface area contributed by atoms with Gasteiger partial charge in [0.15, 0.2) is 0 Å². The van der Waals surface area contributed by atoms with E-state index in [1.165, 1.54) is 4.68 Å². The Morgan fingerprint density at radius 1 is 1.17 bits per heavy atom. The second-order valence-electron chi connectivity index (χ2n) is 6.17. The van der Waals surface area contributed by atoms with Crippen molar-refractivity contribution >= 4 is 6.09 Å². The number of carbonyl (C=O) groups is 1. The van der Waals surface area contributed by atoms with Crippen LogP contribution in [-0.4, -0.2) is 31.7 Å². The summed E-state index contributed by atoms with van der Waals surface area (Å²) in [5.41, 5.74) is 2.73. The lowest BCUT2D eigenvalue weighted by atomic mass is 10.0. The average Bonchev–Trinajstić information content (AvgIpc) is 3.15. The Balaban J connectivity index is 2.06. The van der Waals surface area contributed by atoms with Crippen LogP contribution in [0.1, 0.15) is 20.8 Å². The van der Waals surface area contributed by atoms with Crippen molar-refractivity contribution in [3.8, 4) is 22.4 Å². The van der Waals surface area contributed by atoms with Gasteiger partial charge in [-0.2, -0.15) is 14.9 Å². The van der Waals surface area contributed by atoms with Gasteiger partial charge in [-0.3, -0.25) is 5.10 Å². The number of ether oxygens (including phenoxy) is 1. The van der Waals surface area contributed by atoms with Crippen molar-refractivity contribution in [2.75, 3.05) is 0 Å². The Morgan fingerprint density at radius 3 is 2.52 bits per heavy atom. The minimum absolute atomic E-state index is 0.510. The van der Waals surface area contributed by atoms with Gasteiger partial charge in [-0.1, -0.05) is 30.3 Å². The predicted octanol–water partition coefficient (Wildman–Crippen LogP) is 3.72. The standard InChI is InChI=1S/C17H18N4O2/c1-17(2,3)23-16(22)21-11-14(12-7-5-4-6-8-12)15(20-21)13-9-18-19-10-13/h4-11H,1-3H3,(H,18,19). The smallest absolute Gasteiger partial charge is 0.435 e. The highest BCUT2D eigenvalue weighted by molar-refractivity contribution is 5.83. The molecule has 23 heavy (non-hydrogen) atoms. The topological polar surface area (TPSA) is 72.8 Å². The van der Waals surface area contributed by atoms with Crippen LogP contribution in [0.25, 0.3) is 22.4 Å². The molecule has 6 heteroatoms. The number of nitrogens with zero attached hydrogens (tertiary/aromatic N) is 3. The summed E-state index contributed by atoms with van der Waals surface area (Å²) in [6.07, 6.45) is 4.60. The first-order valence-corrected chi connectivity index (χ1v) is 7.31. The Kier molecular flexibility index (Phi) is 3.73. The van der Waals surface area contributed by atoms with E-state index in [-0.39, 0.29) is 0 Å². The molecule has 3 rings (SSSR count). The summed E-state index contributed by atoms with van der Waals surface area (Å²) in [7, 11) is 0. The first-order valence-electron chi connectivity index (χ1n) is 7.31. The van der Waals surface area contributed by atoms with Gasteiger partial charge in [-0.25, -0.2) is 4.79 Å². The van der Waals surface area contributed by atoms with Crippen molar-refractivity contribution in [2.45, 2.75) is 26.4 Å². The summed E-state index contributed by atoms with van der Waals surface area (Å²) >= 11 is 0. The predicted molar refractivity (Wildman–Crippen MR) is 86.9 cm³/mol. The van der Waals surface area contributed by atoms with E-state index >= 15 is 0 Å². The van der Waals surface area contributed by atoms with Crippen molar-refractivity contribution in [3.63, 3.8) is 0 Å². The van der Waals surface area contributed by atoms with E-state index in [2.05, 4.69) is 15.3 Å². The molecule has 0 aliphatic rings. The maximum atomic E-state index is 12.3. The van der Waals surface area contributed by atoms with Gasteiger partial charge >= 0.3 is 6.09 Å². The highest BCUT2D eigenvalue weighted by atomic mass is 16.6. The van der Waals surface area contributed by atoms with E-state index in [9.17, 15) is 4.79 Å². The fourth-order valence-electron chi connectivity index (χ4n) is 2.20. The first kappa shape index (κ1) is 15.0. The molecule has 0 aliphatic heterocycles. The Morgan fingerprint density at radius 2 is 1.91 bits per heavy atom. The van der Waals surface area contributed by atoms with Gasteiger partial charge in [0, 0.05) is 23.5 Å². The summed E-state index contributed by atoms with van der Waals surface area (Å²) in [6.45, 7) is 5.47. The number of H-pyrrole nitrogens is 1. The lowest BCUT2D eigenvalue weighted by Crippen LogP contribution is -2.27. The van der Waals surface area contributed by atoms with E-state index in [1.54, 1.807) is 18.6 Å². The number of carbonyl (C=O) groups excluding carboxylic acids is 1. The molecule has 0 fully saturated rings. The van der Waals surface area contributed by atoms with Gasteiger partial charge in [-0.05, 0) is 26.3 Å². The van der Waals surface area contributed by atoms with Crippen LogP contribution >= 0.6 is 0 Å². The number of hydrogen-bond acceptors (Lipinski definition) is 4. The first-order chi connectivity index (χ1) is 10.9. The maximum absolute atomic E-state index is 12.3. The fraction of sp³-hybridized carbons (Fsp3) is 0.235. The molecule has 0 spiro atoms. The van der Waals surface area contributed by atoms with Crippen LogP contribution in [-0.2, 0) is 4.74 Å². The molecule has 0 amide bonds. The number of nitrogens with one attached hydrogen (secondary N) is 1. The van der Waals surface area contributed by atoms with Crippen LogP contribution in [0.5, 0.6) is 0 Å². The SMILES string of the molecule is CC(C)(C)OC(=O)n1cc(-c2ccccc2)c(-c2cn[nH]c2)n1. The van der Waals surface area contributed by atoms with E-state index in [4.69, 9.17) is 4.74 Å². The number of aromatic nitrogens is 4. The molecule has 1 N–H and O–H groups in total. The van der Waals surface area contributed by atoms with E-state index in [0.717, 1.165) is 16.7 Å². The van der Waals surface area contributed by atoms with Crippen molar-refractivity contribution < 1.29 is 9.53 Å². The quantitative estimate of drug-likeness (QED) is 0.783. The zero-order valence-electron chi connectivity index (χ0n) is 13.3. The summed E-state index contributed by atoms with van der Waals surface area (Å²) < 4.78 is 6.62. The number of hydrogen-bond donors (Lipinski definition) is 1. The van der Waals surface area contributed by atoms with Crippen LogP contribution in [0.15, 0.2) is 48.9 Å². The Labute approximate surface area is 134 Å². The molecule has 0 bridgehead atoms. The van der Waals surface area contributed by atoms with Crippen LogP contribution in [0.3, 0.4) is 0 Å². The molecule has 0 saturated carbocycles. The van der Waals surface area contributed by atoms with Gasteiger partial charge < -0.3 is 4.74 Å². The summed E-state index contributed by atoms with van der Waals surface area (Å²) in [5.74, 6) is 0. The van der Waals surface area contributed by atoms with Gasteiger partial charge in [0.1, 0.15) is 11.3 Å². The zero-order valence-corrected chi connectivity index (χ0v) is 13.3. The van der Waals surface area contributed by atoms with Gasteiger partial charge in [0.25, 0.3) is 0 Å². The van der Waals surface area contributed by atoms with Crippen molar-refractivity contribution in [2.24, 2.45) is 0 Å². The fourth-order valence-corrected chi connectivity index (χ4v) is 2.20. The zero-order chi connectivity index (χ0) is 16.4. The van der Waals surface area contributed by atoms with Crippen LogP contribution in [0.4, 0.5) is 4.79 Å². The second-order valence-corrected chi connectivity index (χ2v) is 6.17. The van der Waals surface area contributed by atoms with E-state index < -0.39 is 11.7 Å². The third kappa shape index (κ3) is 3.31. The average molecular weight is 310 g/mol. The summed E-state index contributed by atoms with van der Waals surface area (Å²) in [5, 5.41) is 11.1. The summed E-state index contributed by atoms with van der Waals surface area (Å²) in [4.78, 5) is 12.3. The number of benzene rings is 1. The van der Waals surface area contributed by atoms with Gasteiger partial charge in [0.05, 0.1) is 6.20 Å². The highest BCUT2D eigenvalue weighted by Gasteiger charge is 2.21. The Hall–Kier alpha value is -2.89. The van der Waals surface area contributed by atoms with Crippen LogP contribution in [0.2, 0.25) is 0 Å². The number of aromatic amines is 1. The minimum Gasteiger partial charge on any atom is -0.442 e. The van der Waals surface area contributed by atoms with Crippen molar-refractivity contribution in [3.05, 3.63) is 48.9 Å². The number of rotatable bonds is 2. The van der Waals surface area contributed by atoms with Crippen molar-refractivity contribution in [1.82, 2.24) is 20.0 Å². The molecule has 0 aliphatic carbocycles. The lowest BCUT2D eigenvalue weighted by molar-refractivity contribution is 0.0515. The molecule has 2 heterocycles. The highest BCUT2D eigenvalue weighted by Crippen LogP contribution is 2.30. The normalized spacial score (nSPS) is 11.4. The summed E-state index contributed by atoms with van der Waals surface area (Å²) in [6, 6.07) is 9.78. The van der Waals surface area contributed by atoms with Crippen LogP contribution in [0, 0.1) is 0 Å². The third-order valence-corrected chi connectivity index (χ3v) is 3.15. The second kappa shape index (κ2) is 5.72. The Bertz CT molecular complexity index is 799. The maximum Gasteiger partial charge on any atom is 0.435 e. The lowest BCUT2D eigenvalue weighted by Gasteiger charge is -2.18. The van der Waals surface area contributed by atoms with Gasteiger partial charge in [0.2, 0.25) is 0 Å². The molecular weight excluding hydrogens is 292 g/mol. The largest absolute Gasteiger partial charge is 0.442 e. The van der Waals surface area contributed by atoms with Gasteiger partial charge in [-0.15, -0.1) is 0 Å². The molecule has 0 radical (unpaired) electrons. The molecule has 3 aromatic rings. The molecule has 6 nitrogen and oxygen atoms in total. The molecule has 2 aromatic heterocycles. The molecule has 0 unspecified atom stereocenters. The molecular formula is C17H18N4O2. The van der Waals surface area contributed by atoms with Crippen LogP contribution < -0.4 is 0 Å². The monoisotopic (exact) mass is 310 g/mol.